The molecule has 1 aromatic carbocycles. The highest BCUT2D eigenvalue weighted by Gasteiger charge is 2.12. The Morgan fingerprint density at radius 1 is 1.15 bits per heavy atom. The highest BCUT2D eigenvalue weighted by molar-refractivity contribution is 5.26. The molecule has 0 saturated heterocycles. The number of rotatable bonds is 6. The van der Waals surface area contributed by atoms with E-state index < -0.39 is 0 Å². The van der Waals surface area contributed by atoms with E-state index in [0.717, 1.165) is 18.5 Å². The van der Waals surface area contributed by atoms with Crippen molar-refractivity contribution in [1.29, 1.82) is 0 Å². The summed E-state index contributed by atoms with van der Waals surface area (Å²) in [6.07, 6.45) is 4.03. The molecule has 0 fully saturated rings. The largest absolute Gasteiger partial charge is 0.330 e. The van der Waals surface area contributed by atoms with Crippen LogP contribution in [0.3, 0.4) is 0 Å². The molecule has 3 nitrogen and oxygen atoms in total. The Balaban J connectivity index is 2.03. The van der Waals surface area contributed by atoms with Gasteiger partial charge in [-0.2, -0.15) is 5.10 Å². The van der Waals surface area contributed by atoms with Gasteiger partial charge in [0.15, 0.2) is 0 Å². The minimum absolute atomic E-state index is 0.413. The van der Waals surface area contributed by atoms with Crippen molar-refractivity contribution < 1.29 is 0 Å². The SMILES string of the molecule is Cc1ccccc1CC(CN)Cc1ccn(C(C)C)n1. The van der Waals surface area contributed by atoms with E-state index in [0.29, 0.717) is 18.5 Å². The van der Waals surface area contributed by atoms with Gasteiger partial charge in [-0.15, -0.1) is 0 Å². The first-order chi connectivity index (χ1) is 9.60. The lowest BCUT2D eigenvalue weighted by Crippen LogP contribution is -2.20. The molecule has 2 rings (SSSR count). The third kappa shape index (κ3) is 3.70. The van der Waals surface area contributed by atoms with Crippen LogP contribution in [0.15, 0.2) is 36.5 Å². The van der Waals surface area contributed by atoms with Gasteiger partial charge in [-0.3, -0.25) is 4.68 Å². The minimum Gasteiger partial charge on any atom is -0.330 e. The third-order valence-electron chi connectivity index (χ3n) is 3.79. The molecule has 108 valence electrons. The third-order valence-corrected chi connectivity index (χ3v) is 3.79. The van der Waals surface area contributed by atoms with Crippen LogP contribution in [0.4, 0.5) is 0 Å². The molecule has 0 bridgehead atoms. The maximum absolute atomic E-state index is 5.95. The topological polar surface area (TPSA) is 43.8 Å². The zero-order chi connectivity index (χ0) is 14.5. The van der Waals surface area contributed by atoms with E-state index >= 15 is 0 Å². The summed E-state index contributed by atoms with van der Waals surface area (Å²) in [4.78, 5) is 0. The normalized spacial score (nSPS) is 12.8. The van der Waals surface area contributed by atoms with E-state index in [1.54, 1.807) is 0 Å². The molecular formula is C17H25N3. The quantitative estimate of drug-likeness (QED) is 0.877. The summed E-state index contributed by atoms with van der Waals surface area (Å²) >= 11 is 0. The van der Waals surface area contributed by atoms with Crippen LogP contribution in [0.1, 0.15) is 36.7 Å². The summed E-state index contributed by atoms with van der Waals surface area (Å²) in [6, 6.07) is 11.1. The first-order valence-electron chi connectivity index (χ1n) is 7.38. The van der Waals surface area contributed by atoms with E-state index in [1.165, 1.54) is 11.1 Å². The van der Waals surface area contributed by atoms with Crippen LogP contribution in [0.25, 0.3) is 0 Å². The highest BCUT2D eigenvalue weighted by Crippen LogP contribution is 2.16. The van der Waals surface area contributed by atoms with E-state index in [2.05, 4.69) is 62.4 Å². The van der Waals surface area contributed by atoms with Gasteiger partial charge in [0.05, 0.1) is 5.69 Å². The molecule has 20 heavy (non-hydrogen) atoms. The molecule has 0 aliphatic heterocycles. The highest BCUT2D eigenvalue weighted by atomic mass is 15.3. The first-order valence-corrected chi connectivity index (χ1v) is 7.38. The maximum Gasteiger partial charge on any atom is 0.0628 e. The number of benzene rings is 1. The summed E-state index contributed by atoms with van der Waals surface area (Å²) in [5.41, 5.74) is 9.83. The van der Waals surface area contributed by atoms with E-state index in [4.69, 9.17) is 5.73 Å². The number of hydrogen-bond donors (Lipinski definition) is 1. The van der Waals surface area contributed by atoms with Crippen LogP contribution in [0.2, 0.25) is 0 Å². The summed E-state index contributed by atoms with van der Waals surface area (Å²) in [5.74, 6) is 0.451. The predicted octanol–water partition coefficient (Wildman–Crippen LogP) is 3.13. The van der Waals surface area contributed by atoms with E-state index in [9.17, 15) is 0 Å². The van der Waals surface area contributed by atoms with Crippen LogP contribution in [0.5, 0.6) is 0 Å². The van der Waals surface area contributed by atoms with Crippen molar-refractivity contribution in [2.75, 3.05) is 6.54 Å². The van der Waals surface area contributed by atoms with Gasteiger partial charge in [0.1, 0.15) is 0 Å². The Hall–Kier alpha value is -1.61. The van der Waals surface area contributed by atoms with Crippen LogP contribution in [-0.2, 0) is 12.8 Å². The van der Waals surface area contributed by atoms with Gasteiger partial charge in [-0.1, -0.05) is 24.3 Å². The fraction of sp³-hybridized carbons (Fsp3) is 0.471. The average Bonchev–Trinajstić information content (AvgIpc) is 2.89. The van der Waals surface area contributed by atoms with Crippen LogP contribution in [0, 0.1) is 12.8 Å². The number of aromatic nitrogens is 2. The summed E-state index contributed by atoms with van der Waals surface area (Å²) in [5, 5.41) is 4.62. The zero-order valence-electron chi connectivity index (χ0n) is 12.7. The van der Waals surface area contributed by atoms with Gasteiger partial charge in [0, 0.05) is 12.2 Å². The van der Waals surface area contributed by atoms with Crippen molar-refractivity contribution in [3.05, 3.63) is 53.3 Å². The summed E-state index contributed by atoms with van der Waals surface area (Å²) in [7, 11) is 0. The molecule has 1 heterocycles. The number of nitrogens with zero attached hydrogens (tertiary/aromatic N) is 2. The van der Waals surface area contributed by atoms with Crippen molar-refractivity contribution in [2.24, 2.45) is 11.7 Å². The summed E-state index contributed by atoms with van der Waals surface area (Å²) in [6.45, 7) is 7.15. The van der Waals surface area contributed by atoms with Gasteiger partial charge < -0.3 is 5.73 Å². The number of aryl methyl sites for hydroxylation is 1. The van der Waals surface area contributed by atoms with Crippen molar-refractivity contribution >= 4 is 0 Å². The predicted molar refractivity (Wildman–Crippen MR) is 83.7 cm³/mol. The molecule has 1 atom stereocenters. The molecule has 2 aromatic rings. The van der Waals surface area contributed by atoms with Crippen molar-refractivity contribution in [3.63, 3.8) is 0 Å². The molecular weight excluding hydrogens is 246 g/mol. The zero-order valence-corrected chi connectivity index (χ0v) is 12.7. The molecule has 0 radical (unpaired) electrons. The van der Waals surface area contributed by atoms with Crippen molar-refractivity contribution in [1.82, 2.24) is 9.78 Å². The number of hydrogen-bond acceptors (Lipinski definition) is 2. The fourth-order valence-corrected chi connectivity index (χ4v) is 2.46. The van der Waals surface area contributed by atoms with Gasteiger partial charge in [0.2, 0.25) is 0 Å². The second-order valence-corrected chi connectivity index (χ2v) is 5.82. The van der Waals surface area contributed by atoms with Gasteiger partial charge in [-0.25, -0.2) is 0 Å². The average molecular weight is 271 g/mol. The molecule has 1 aromatic heterocycles. The number of nitrogens with two attached hydrogens (primary N) is 1. The van der Waals surface area contributed by atoms with Gasteiger partial charge >= 0.3 is 0 Å². The van der Waals surface area contributed by atoms with Gasteiger partial charge in [-0.05, 0) is 63.3 Å². The Labute approximate surface area is 121 Å². The van der Waals surface area contributed by atoms with Crippen LogP contribution >= 0.6 is 0 Å². The Kier molecular flexibility index (Phi) is 4.96. The Bertz CT molecular complexity index is 543. The minimum atomic E-state index is 0.413. The monoisotopic (exact) mass is 271 g/mol. The first kappa shape index (κ1) is 14.8. The standard InChI is InChI=1S/C17H25N3/c1-13(2)20-9-8-17(19-20)11-15(12-18)10-16-7-5-4-6-14(16)3/h4-9,13,15H,10-12,18H2,1-3H3. The van der Waals surface area contributed by atoms with Crippen molar-refractivity contribution in [2.45, 2.75) is 39.7 Å². The molecule has 0 spiro atoms. The molecule has 0 amide bonds. The Morgan fingerprint density at radius 2 is 1.90 bits per heavy atom. The molecule has 1 unspecified atom stereocenters. The molecule has 0 saturated carbocycles. The van der Waals surface area contributed by atoms with Crippen LogP contribution in [-0.4, -0.2) is 16.3 Å². The maximum atomic E-state index is 5.95. The van der Waals surface area contributed by atoms with Gasteiger partial charge in [0.25, 0.3) is 0 Å². The van der Waals surface area contributed by atoms with Crippen molar-refractivity contribution in [3.8, 4) is 0 Å². The van der Waals surface area contributed by atoms with Crippen LogP contribution < -0.4 is 5.73 Å². The second kappa shape index (κ2) is 6.71. The summed E-state index contributed by atoms with van der Waals surface area (Å²) < 4.78 is 2.01. The molecule has 3 heteroatoms. The smallest absolute Gasteiger partial charge is 0.0628 e. The molecule has 2 N–H and O–H groups in total. The second-order valence-electron chi connectivity index (χ2n) is 5.82. The molecule has 0 aliphatic rings. The van der Waals surface area contributed by atoms with E-state index in [-0.39, 0.29) is 0 Å². The molecule has 0 aliphatic carbocycles. The lowest BCUT2D eigenvalue weighted by molar-refractivity contribution is 0.496. The Morgan fingerprint density at radius 3 is 2.50 bits per heavy atom. The van der Waals surface area contributed by atoms with E-state index in [1.807, 2.05) is 4.68 Å². The lowest BCUT2D eigenvalue weighted by atomic mass is 9.93. The lowest BCUT2D eigenvalue weighted by Gasteiger charge is -2.15. The fourth-order valence-electron chi connectivity index (χ4n) is 2.46.